The molecule has 0 aliphatic carbocycles. The monoisotopic (exact) mass is 281 g/mol. The zero-order valence-corrected chi connectivity index (χ0v) is 10.9. The van der Waals surface area contributed by atoms with Crippen LogP contribution in [0.1, 0.15) is 18.4 Å². The van der Waals surface area contributed by atoms with Crippen LogP contribution in [0.2, 0.25) is 0 Å². The maximum Gasteiger partial charge on any atom is 0.136 e. The van der Waals surface area contributed by atoms with Crippen molar-refractivity contribution in [3.05, 3.63) is 28.2 Å². The van der Waals surface area contributed by atoms with Gasteiger partial charge in [0.25, 0.3) is 0 Å². The first-order chi connectivity index (χ1) is 7.84. The average Bonchev–Trinajstić information content (AvgIpc) is 2.82. The number of rotatable bonds is 1. The minimum Gasteiger partial charge on any atom is -0.490 e. The SMILES string of the molecule is Brc1cccc2c1OCC(N1CCCC1)C2. The minimum atomic E-state index is 0.587. The lowest BCUT2D eigenvalue weighted by Crippen LogP contribution is -2.41. The van der Waals surface area contributed by atoms with Crippen LogP contribution in [0.25, 0.3) is 0 Å². The first kappa shape index (κ1) is 10.6. The smallest absolute Gasteiger partial charge is 0.136 e. The van der Waals surface area contributed by atoms with Gasteiger partial charge in [-0.3, -0.25) is 4.90 Å². The van der Waals surface area contributed by atoms with Crippen molar-refractivity contribution in [3.8, 4) is 5.75 Å². The summed E-state index contributed by atoms with van der Waals surface area (Å²) in [6.45, 7) is 3.34. The largest absolute Gasteiger partial charge is 0.490 e. The van der Waals surface area contributed by atoms with E-state index in [2.05, 4.69) is 39.0 Å². The van der Waals surface area contributed by atoms with E-state index in [9.17, 15) is 0 Å². The Balaban J connectivity index is 1.80. The van der Waals surface area contributed by atoms with Gasteiger partial charge >= 0.3 is 0 Å². The van der Waals surface area contributed by atoms with E-state index in [0.717, 1.165) is 23.2 Å². The van der Waals surface area contributed by atoms with Gasteiger partial charge in [0.15, 0.2) is 0 Å². The summed E-state index contributed by atoms with van der Waals surface area (Å²) in [5.74, 6) is 1.05. The van der Waals surface area contributed by atoms with Gasteiger partial charge in [-0.25, -0.2) is 0 Å². The summed E-state index contributed by atoms with van der Waals surface area (Å²) in [5, 5.41) is 0. The Bertz CT molecular complexity index is 388. The summed E-state index contributed by atoms with van der Waals surface area (Å²) in [6, 6.07) is 6.92. The third-order valence-corrected chi connectivity index (χ3v) is 4.21. The van der Waals surface area contributed by atoms with E-state index < -0.39 is 0 Å². The highest BCUT2D eigenvalue weighted by Gasteiger charge is 2.27. The highest BCUT2D eigenvalue weighted by molar-refractivity contribution is 9.10. The van der Waals surface area contributed by atoms with Crippen molar-refractivity contribution in [3.63, 3.8) is 0 Å². The third-order valence-electron chi connectivity index (χ3n) is 3.58. The second-order valence-electron chi connectivity index (χ2n) is 4.64. The molecule has 0 amide bonds. The number of fused-ring (bicyclic) bond motifs is 1. The van der Waals surface area contributed by atoms with E-state index in [1.54, 1.807) is 0 Å². The molecule has 0 aromatic heterocycles. The highest BCUT2D eigenvalue weighted by atomic mass is 79.9. The van der Waals surface area contributed by atoms with Crippen molar-refractivity contribution in [1.29, 1.82) is 0 Å². The van der Waals surface area contributed by atoms with Crippen LogP contribution in [0.4, 0.5) is 0 Å². The first-order valence-electron chi connectivity index (χ1n) is 5.99. The van der Waals surface area contributed by atoms with Gasteiger partial charge in [-0.2, -0.15) is 0 Å². The molecule has 2 aliphatic heterocycles. The lowest BCUT2D eigenvalue weighted by atomic mass is 10.0. The van der Waals surface area contributed by atoms with Crippen LogP contribution in [-0.4, -0.2) is 30.6 Å². The Labute approximate surface area is 105 Å². The summed E-state index contributed by atoms with van der Waals surface area (Å²) in [5.41, 5.74) is 1.34. The molecule has 0 spiro atoms. The molecular weight excluding hydrogens is 266 g/mol. The summed E-state index contributed by atoms with van der Waals surface area (Å²) >= 11 is 3.55. The number of para-hydroxylation sites is 1. The second kappa shape index (κ2) is 4.38. The van der Waals surface area contributed by atoms with Crippen LogP contribution in [-0.2, 0) is 6.42 Å². The molecule has 1 aromatic carbocycles. The highest BCUT2D eigenvalue weighted by Crippen LogP contribution is 2.34. The van der Waals surface area contributed by atoms with Crippen molar-refractivity contribution >= 4 is 15.9 Å². The van der Waals surface area contributed by atoms with Crippen molar-refractivity contribution in [1.82, 2.24) is 4.90 Å². The molecule has 16 heavy (non-hydrogen) atoms. The molecule has 0 radical (unpaired) electrons. The van der Waals surface area contributed by atoms with Gasteiger partial charge in [-0.1, -0.05) is 12.1 Å². The van der Waals surface area contributed by atoms with E-state index in [0.29, 0.717) is 6.04 Å². The Kier molecular flexibility index (Phi) is 2.90. The predicted molar refractivity (Wildman–Crippen MR) is 67.9 cm³/mol. The molecule has 2 aliphatic rings. The molecule has 2 heterocycles. The van der Waals surface area contributed by atoms with Crippen LogP contribution in [0.5, 0.6) is 5.75 Å². The Morgan fingerprint density at radius 3 is 2.88 bits per heavy atom. The van der Waals surface area contributed by atoms with Crippen molar-refractivity contribution in [2.24, 2.45) is 0 Å². The lowest BCUT2D eigenvalue weighted by molar-refractivity contribution is 0.141. The molecule has 2 nitrogen and oxygen atoms in total. The van der Waals surface area contributed by atoms with E-state index in [-0.39, 0.29) is 0 Å². The summed E-state index contributed by atoms with van der Waals surface area (Å²) in [6.07, 6.45) is 3.83. The molecule has 1 fully saturated rings. The number of halogens is 1. The topological polar surface area (TPSA) is 12.5 Å². The summed E-state index contributed by atoms with van der Waals surface area (Å²) in [7, 11) is 0. The van der Waals surface area contributed by atoms with Gasteiger partial charge in [-0.15, -0.1) is 0 Å². The van der Waals surface area contributed by atoms with Crippen molar-refractivity contribution < 1.29 is 4.74 Å². The molecule has 0 saturated carbocycles. The van der Waals surface area contributed by atoms with Crippen LogP contribution in [0.3, 0.4) is 0 Å². The maximum atomic E-state index is 5.89. The molecular formula is C13H16BrNO. The summed E-state index contributed by atoms with van der Waals surface area (Å²) in [4.78, 5) is 2.57. The fourth-order valence-electron chi connectivity index (χ4n) is 2.71. The molecule has 1 atom stereocenters. The van der Waals surface area contributed by atoms with Gasteiger partial charge in [0.05, 0.1) is 4.47 Å². The fourth-order valence-corrected chi connectivity index (χ4v) is 3.23. The molecule has 1 aromatic rings. The van der Waals surface area contributed by atoms with Gasteiger partial charge in [-0.05, 0) is 59.9 Å². The quantitative estimate of drug-likeness (QED) is 0.785. The zero-order valence-electron chi connectivity index (χ0n) is 9.29. The zero-order chi connectivity index (χ0) is 11.0. The fraction of sp³-hybridized carbons (Fsp3) is 0.538. The molecule has 0 N–H and O–H groups in total. The lowest BCUT2D eigenvalue weighted by Gasteiger charge is -2.32. The third kappa shape index (κ3) is 1.87. The standard InChI is InChI=1S/C13H16BrNO/c14-12-5-3-4-10-8-11(9-16-13(10)12)15-6-1-2-7-15/h3-5,11H,1-2,6-9H2. The van der Waals surface area contributed by atoms with E-state index in [1.165, 1.54) is 31.5 Å². The minimum absolute atomic E-state index is 0.587. The average molecular weight is 282 g/mol. The van der Waals surface area contributed by atoms with Crippen LogP contribution in [0.15, 0.2) is 22.7 Å². The van der Waals surface area contributed by atoms with Crippen LogP contribution >= 0.6 is 15.9 Å². The molecule has 0 bridgehead atoms. The van der Waals surface area contributed by atoms with E-state index in [4.69, 9.17) is 4.74 Å². The molecule has 86 valence electrons. The van der Waals surface area contributed by atoms with Crippen LogP contribution < -0.4 is 4.74 Å². The maximum absolute atomic E-state index is 5.89. The van der Waals surface area contributed by atoms with Gasteiger partial charge < -0.3 is 4.74 Å². The van der Waals surface area contributed by atoms with Crippen molar-refractivity contribution in [2.45, 2.75) is 25.3 Å². The molecule has 3 heteroatoms. The van der Waals surface area contributed by atoms with E-state index >= 15 is 0 Å². The Hall–Kier alpha value is -0.540. The van der Waals surface area contributed by atoms with Gasteiger partial charge in [0.1, 0.15) is 12.4 Å². The summed E-state index contributed by atoms with van der Waals surface area (Å²) < 4.78 is 6.98. The molecule has 1 unspecified atom stereocenters. The van der Waals surface area contributed by atoms with Crippen molar-refractivity contribution in [2.75, 3.05) is 19.7 Å². The number of benzene rings is 1. The number of nitrogens with zero attached hydrogens (tertiary/aromatic N) is 1. The molecule has 3 rings (SSSR count). The van der Waals surface area contributed by atoms with Gasteiger partial charge in [0.2, 0.25) is 0 Å². The normalized spacial score (nSPS) is 25.2. The van der Waals surface area contributed by atoms with Crippen LogP contribution in [0, 0.1) is 0 Å². The second-order valence-corrected chi connectivity index (χ2v) is 5.49. The number of hydrogen-bond acceptors (Lipinski definition) is 2. The number of likely N-dealkylation sites (tertiary alicyclic amines) is 1. The Morgan fingerprint density at radius 2 is 2.06 bits per heavy atom. The number of hydrogen-bond donors (Lipinski definition) is 0. The van der Waals surface area contributed by atoms with Gasteiger partial charge in [0, 0.05) is 6.04 Å². The predicted octanol–water partition coefficient (Wildman–Crippen LogP) is 2.85. The number of ether oxygens (including phenoxy) is 1. The Morgan fingerprint density at radius 1 is 1.25 bits per heavy atom. The van der Waals surface area contributed by atoms with E-state index in [1.807, 2.05) is 0 Å². The first-order valence-corrected chi connectivity index (χ1v) is 6.78. The molecule has 1 saturated heterocycles.